The monoisotopic (exact) mass is 404 g/mol. The van der Waals surface area contributed by atoms with Gasteiger partial charge in [-0.2, -0.15) is 0 Å². The second kappa shape index (κ2) is 9.59. The summed E-state index contributed by atoms with van der Waals surface area (Å²) < 4.78 is 11.0. The highest BCUT2D eigenvalue weighted by Gasteiger charge is 2.22. The van der Waals surface area contributed by atoms with Crippen molar-refractivity contribution in [3.63, 3.8) is 0 Å². The molecule has 8 nitrogen and oxygen atoms in total. The topological polar surface area (TPSA) is 106 Å². The molecular formula is C19H24N4O4S. The van der Waals surface area contributed by atoms with Crippen molar-refractivity contribution in [3.8, 4) is 17.2 Å². The number of aromatic nitrogens is 2. The van der Waals surface area contributed by atoms with Gasteiger partial charge in [-0.05, 0) is 51.0 Å². The lowest BCUT2D eigenvalue weighted by Gasteiger charge is -2.13. The number of imide groups is 1. The number of urea groups is 1. The number of benzene rings is 1. The molecule has 1 heterocycles. The molecule has 3 rings (SSSR count). The van der Waals surface area contributed by atoms with Gasteiger partial charge in [0.2, 0.25) is 11.8 Å². The van der Waals surface area contributed by atoms with Crippen LogP contribution in [0, 0.1) is 0 Å². The standard InChI is InChI=1S/C19H24N4O4S/c1-3-26-15-10-8-13(9-11-15)17-22-23-19(27-17)28-12(2)16(24)21-18(25)20-14-6-4-5-7-14/h8-12,14H,3-7H2,1-2H3,(H2,20,21,24,25)/t12-/m1/s1. The van der Waals surface area contributed by atoms with E-state index in [1.165, 1.54) is 0 Å². The fraction of sp³-hybridized carbons (Fsp3) is 0.474. The SMILES string of the molecule is CCOc1ccc(-c2nnc(S[C@H](C)C(=O)NC(=O)NC3CCCC3)o2)cc1. The maximum atomic E-state index is 12.2. The van der Waals surface area contributed by atoms with E-state index in [1.54, 1.807) is 6.92 Å². The maximum absolute atomic E-state index is 12.2. The predicted octanol–water partition coefficient (Wildman–Crippen LogP) is 3.38. The van der Waals surface area contributed by atoms with Crippen LogP contribution >= 0.6 is 11.8 Å². The van der Waals surface area contributed by atoms with Crippen LogP contribution in [-0.2, 0) is 4.79 Å². The Morgan fingerprint density at radius 2 is 1.96 bits per heavy atom. The van der Waals surface area contributed by atoms with Crippen LogP contribution in [0.1, 0.15) is 39.5 Å². The molecule has 9 heteroatoms. The van der Waals surface area contributed by atoms with E-state index in [0.29, 0.717) is 12.5 Å². The van der Waals surface area contributed by atoms with Crippen molar-refractivity contribution in [1.82, 2.24) is 20.8 Å². The smallest absolute Gasteiger partial charge is 0.321 e. The summed E-state index contributed by atoms with van der Waals surface area (Å²) in [6.45, 7) is 4.20. The Kier molecular flexibility index (Phi) is 6.91. The van der Waals surface area contributed by atoms with Crippen LogP contribution in [0.5, 0.6) is 5.75 Å². The molecule has 0 saturated heterocycles. The summed E-state index contributed by atoms with van der Waals surface area (Å²) in [7, 11) is 0. The quantitative estimate of drug-likeness (QED) is 0.681. The Bertz CT molecular complexity index is 803. The second-order valence-electron chi connectivity index (χ2n) is 6.53. The molecule has 0 aliphatic heterocycles. The number of rotatable bonds is 7. The molecule has 0 radical (unpaired) electrons. The summed E-state index contributed by atoms with van der Waals surface area (Å²) in [5.74, 6) is 0.722. The van der Waals surface area contributed by atoms with Crippen molar-refractivity contribution >= 4 is 23.7 Å². The molecule has 1 saturated carbocycles. The van der Waals surface area contributed by atoms with Gasteiger partial charge >= 0.3 is 6.03 Å². The number of hydrogen-bond donors (Lipinski definition) is 2. The van der Waals surface area contributed by atoms with E-state index in [-0.39, 0.29) is 11.3 Å². The van der Waals surface area contributed by atoms with Crippen LogP contribution in [0.4, 0.5) is 4.79 Å². The Morgan fingerprint density at radius 1 is 1.25 bits per heavy atom. The zero-order chi connectivity index (χ0) is 19.9. The Labute approximate surface area is 167 Å². The number of carbonyl (C=O) groups excluding carboxylic acids is 2. The van der Waals surface area contributed by atoms with Gasteiger partial charge < -0.3 is 14.5 Å². The molecule has 1 fully saturated rings. The van der Waals surface area contributed by atoms with Gasteiger partial charge in [0.05, 0.1) is 11.9 Å². The summed E-state index contributed by atoms with van der Waals surface area (Å²) in [5.41, 5.74) is 0.760. The first-order chi connectivity index (χ1) is 13.5. The van der Waals surface area contributed by atoms with Crippen molar-refractivity contribution in [1.29, 1.82) is 0 Å². The molecule has 1 aliphatic rings. The predicted molar refractivity (Wildman–Crippen MR) is 105 cm³/mol. The average molecular weight is 404 g/mol. The van der Waals surface area contributed by atoms with Crippen LogP contribution in [0.2, 0.25) is 0 Å². The van der Waals surface area contributed by atoms with E-state index in [1.807, 2.05) is 31.2 Å². The summed E-state index contributed by atoms with van der Waals surface area (Å²) in [4.78, 5) is 24.1. The van der Waals surface area contributed by atoms with E-state index < -0.39 is 17.2 Å². The number of thioether (sulfide) groups is 1. The molecule has 2 aromatic rings. The Hall–Kier alpha value is -2.55. The molecule has 2 N–H and O–H groups in total. The molecule has 1 aliphatic carbocycles. The van der Waals surface area contributed by atoms with E-state index in [4.69, 9.17) is 9.15 Å². The van der Waals surface area contributed by atoms with Gasteiger partial charge in [0.1, 0.15) is 5.75 Å². The van der Waals surface area contributed by atoms with Gasteiger partial charge in [0.15, 0.2) is 0 Å². The molecule has 28 heavy (non-hydrogen) atoms. The van der Waals surface area contributed by atoms with Gasteiger partial charge in [0.25, 0.3) is 5.22 Å². The number of ether oxygens (including phenoxy) is 1. The molecule has 1 aromatic carbocycles. The van der Waals surface area contributed by atoms with Gasteiger partial charge in [-0.25, -0.2) is 4.79 Å². The van der Waals surface area contributed by atoms with Crippen molar-refractivity contribution < 1.29 is 18.7 Å². The van der Waals surface area contributed by atoms with Crippen LogP contribution in [0.25, 0.3) is 11.5 Å². The minimum atomic E-state index is -0.553. The number of nitrogens with zero attached hydrogens (tertiary/aromatic N) is 2. The van der Waals surface area contributed by atoms with Crippen LogP contribution in [0.15, 0.2) is 33.9 Å². The summed E-state index contributed by atoms with van der Waals surface area (Å²) in [5, 5.41) is 12.9. The highest BCUT2D eigenvalue weighted by Crippen LogP contribution is 2.27. The lowest BCUT2D eigenvalue weighted by molar-refractivity contribution is -0.119. The highest BCUT2D eigenvalue weighted by atomic mass is 32.2. The molecule has 3 amide bonds. The van der Waals surface area contributed by atoms with E-state index >= 15 is 0 Å². The molecular weight excluding hydrogens is 380 g/mol. The van der Waals surface area contributed by atoms with Gasteiger partial charge in [0, 0.05) is 11.6 Å². The fourth-order valence-electron chi connectivity index (χ4n) is 2.94. The van der Waals surface area contributed by atoms with E-state index in [2.05, 4.69) is 20.8 Å². The zero-order valence-corrected chi connectivity index (χ0v) is 16.8. The summed E-state index contributed by atoms with van der Waals surface area (Å²) >= 11 is 1.11. The van der Waals surface area contributed by atoms with Crippen LogP contribution in [0.3, 0.4) is 0 Å². The van der Waals surface area contributed by atoms with Crippen molar-refractivity contribution in [3.05, 3.63) is 24.3 Å². The minimum absolute atomic E-state index is 0.156. The first kappa shape index (κ1) is 20.2. The number of hydrogen-bond acceptors (Lipinski definition) is 7. The van der Waals surface area contributed by atoms with E-state index in [9.17, 15) is 9.59 Å². The lowest BCUT2D eigenvalue weighted by Crippen LogP contribution is -2.45. The first-order valence-corrected chi connectivity index (χ1v) is 10.3. The van der Waals surface area contributed by atoms with Gasteiger partial charge in [-0.1, -0.05) is 24.6 Å². The molecule has 1 atom stereocenters. The van der Waals surface area contributed by atoms with Crippen molar-refractivity contribution in [2.24, 2.45) is 0 Å². The minimum Gasteiger partial charge on any atom is -0.494 e. The number of carbonyl (C=O) groups is 2. The lowest BCUT2D eigenvalue weighted by atomic mass is 10.2. The Balaban J connectivity index is 1.51. The average Bonchev–Trinajstić information content (AvgIpc) is 3.34. The highest BCUT2D eigenvalue weighted by molar-refractivity contribution is 8.00. The summed E-state index contributed by atoms with van der Waals surface area (Å²) in [6, 6.07) is 7.02. The largest absolute Gasteiger partial charge is 0.494 e. The van der Waals surface area contributed by atoms with Crippen LogP contribution in [-0.4, -0.2) is 40.0 Å². The molecule has 1 aromatic heterocycles. The fourth-order valence-corrected chi connectivity index (χ4v) is 3.63. The maximum Gasteiger partial charge on any atom is 0.321 e. The molecule has 0 bridgehead atoms. The molecule has 0 unspecified atom stereocenters. The van der Waals surface area contributed by atoms with Gasteiger partial charge in [-0.15, -0.1) is 10.2 Å². The molecule has 150 valence electrons. The van der Waals surface area contributed by atoms with E-state index in [0.717, 1.165) is 48.8 Å². The third kappa shape index (κ3) is 5.48. The number of amides is 3. The van der Waals surface area contributed by atoms with Crippen LogP contribution < -0.4 is 15.4 Å². The summed E-state index contributed by atoms with van der Waals surface area (Å²) in [6.07, 6.45) is 4.14. The second-order valence-corrected chi connectivity index (χ2v) is 7.83. The Morgan fingerprint density at radius 3 is 2.64 bits per heavy atom. The van der Waals surface area contributed by atoms with Gasteiger partial charge in [-0.3, -0.25) is 10.1 Å². The third-order valence-electron chi connectivity index (χ3n) is 4.39. The molecule has 0 spiro atoms. The first-order valence-electron chi connectivity index (χ1n) is 9.40. The zero-order valence-electron chi connectivity index (χ0n) is 15.9. The normalized spacial score (nSPS) is 15.2. The third-order valence-corrected chi connectivity index (χ3v) is 5.33. The van der Waals surface area contributed by atoms with Crippen molar-refractivity contribution in [2.75, 3.05) is 6.61 Å². The number of nitrogens with one attached hydrogen (secondary N) is 2. The van der Waals surface area contributed by atoms with Crippen molar-refractivity contribution in [2.45, 2.75) is 56.0 Å².